The molecule has 2 heterocycles. The fourth-order valence-electron chi connectivity index (χ4n) is 2.54. The second-order valence-electron chi connectivity index (χ2n) is 4.76. The Morgan fingerprint density at radius 2 is 2.28 bits per heavy atom. The average Bonchev–Trinajstić information content (AvgIpc) is 2.62. The first-order chi connectivity index (χ1) is 8.72. The summed E-state index contributed by atoms with van der Waals surface area (Å²) in [5.74, 6) is 0.0197. The van der Waals surface area contributed by atoms with E-state index in [1.165, 1.54) is 12.8 Å². The first-order valence-electron chi connectivity index (χ1n) is 6.66. The molecular formula is C14H19ClN2O. The smallest absolute Gasteiger partial charge is 0.272 e. The van der Waals surface area contributed by atoms with Crippen molar-refractivity contribution < 1.29 is 4.79 Å². The fourth-order valence-corrected chi connectivity index (χ4v) is 2.71. The lowest BCUT2D eigenvalue weighted by Gasteiger charge is -2.29. The number of amides is 1. The van der Waals surface area contributed by atoms with Crippen molar-refractivity contribution in [1.29, 1.82) is 0 Å². The number of aromatic nitrogens is 1. The lowest BCUT2D eigenvalue weighted by molar-refractivity contribution is 0.0672. The summed E-state index contributed by atoms with van der Waals surface area (Å²) in [7, 11) is 0. The number of halogens is 1. The zero-order chi connectivity index (χ0) is 13.0. The van der Waals surface area contributed by atoms with Gasteiger partial charge in [0.2, 0.25) is 0 Å². The van der Waals surface area contributed by atoms with Gasteiger partial charge in [-0.3, -0.25) is 4.79 Å². The summed E-state index contributed by atoms with van der Waals surface area (Å²) in [6.45, 7) is 2.98. The van der Waals surface area contributed by atoms with Crippen LogP contribution in [0.15, 0.2) is 18.2 Å². The van der Waals surface area contributed by atoms with E-state index in [-0.39, 0.29) is 5.91 Å². The topological polar surface area (TPSA) is 33.2 Å². The molecule has 1 aliphatic heterocycles. The maximum atomic E-state index is 12.5. The van der Waals surface area contributed by atoms with Crippen LogP contribution >= 0.6 is 11.6 Å². The third-order valence-electron chi connectivity index (χ3n) is 3.54. The summed E-state index contributed by atoms with van der Waals surface area (Å²) in [5.41, 5.74) is 0.461. The van der Waals surface area contributed by atoms with Crippen LogP contribution in [0.2, 0.25) is 5.15 Å². The number of nitrogens with zero attached hydrogens (tertiary/aromatic N) is 2. The molecule has 1 atom stereocenters. The van der Waals surface area contributed by atoms with Crippen LogP contribution in [0.4, 0.5) is 0 Å². The predicted octanol–water partition coefficient (Wildman–Crippen LogP) is 3.53. The second kappa shape index (κ2) is 6.19. The summed E-state index contributed by atoms with van der Waals surface area (Å²) >= 11 is 5.85. The van der Waals surface area contributed by atoms with E-state index in [9.17, 15) is 4.79 Å². The number of pyridine rings is 1. The molecule has 0 N–H and O–H groups in total. The molecule has 98 valence electrons. The Morgan fingerprint density at radius 1 is 1.44 bits per heavy atom. The SMILES string of the molecule is CCC1CCCCCN1C(=O)c1cccc(Cl)n1. The van der Waals surface area contributed by atoms with Crippen LogP contribution in [0.25, 0.3) is 0 Å². The fraction of sp³-hybridized carbons (Fsp3) is 0.571. The number of likely N-dealkylation sites (tertiary alicyclic amines) is 1. The molecule has 0 aromatic carbocycles. The van der Waals surface area contributed by atoms with Gasteiger partial charge < -0.3 is 4.90 Å². The standard InChI is InChI=1S/C14H19ClN2O/c1-2-11-7-4-3-5-10-17(11)14(18)12-8-6-9-13(15)16-12/h6,8-9,11H,2-5,7,10H2,1H3. The van der Waals surface area contributed by atoms with Crippen LogP contribution in [0.1, 0.15) is 49.5 Å². The van der Waals surface area contributed by atoms with Gasteiger partial charge in [0.1, 0.15) is 10.8 Å². The van der Waals surface area contributed by atoms with Crippen molar-refractivity contribution in [2.24, 2.45) is 0 Å². The van der Waals surface area contributed by atoms with Crippen LogP contribution in [0, 0.1) is 0 Å². The molecule has 4 heteroatoms. The van der Waals surface area contributed by atoms with Gasteiger partial charge in [-0.1, -0.05) is 37.4 Å². The highest BCUT2D eigenvalue weighted by molar-refractivity contribution is 6.29. The zero-order valence-corrected chi connectivity index (χ0v) is 11.5. The van der Waals surface area contributed by atoms with Crippen molar-refractivity contribution in [3.63, 3.8) is 0 Å². The van der Waals surface area contributed by atoms with Gasteiger partial charge in [-0.15, -0.1) is 0 Å². The van der Waals surface area contributed by atoms with Crippen LogP contribution in [0.5, 0.6) is 0 Å². The van der Waals surface area contributed by atoms with Crippen LogP contribution < -0.4 is 0 Å². The van der Waals surface area contributed by atoms with Crippen LogP contribution in [-0.2, 0) is 0 Å². The number of carbonyl (C=O) groups excluding carboxylic acids is 1. The summed E-state index contributed by atoms with van der Waals surface area (Å²) in [6.07, 6.45) is 5.62. The Labute approximate surface area is 113 Å². The molecule has 1 amide bonds. The normalized spacial score (nSPS) is 20.6. The lowest BCUT2D eigenvalue weighted by Crippen LogP contribution is -2.40. The van der Waals surface area contributed by atoms with E-state index in [2.05, 4.69) is 11.9 Å². The van der Waals surface area contributed by atoms with Crippen molar-refractivity contribution in [1.82, 2.24) is 9.88 Å². The molecule has 0 radical (unpaired) electrons. The average molecular weight is 267 g/mol. The Bertz CT molecular complexity index is 422. The minimum Gasteiger partial charge on any atom is -0.334 e. The molecule has 0 bridgehead atoms. The minimum absolute atomic E-state index is 0.0197. The molecule has 0 saturated carbocycles. The molecule has 18 heavy (non-hydrogen) atoms. The number of hydrogen-bond donors (Lipinski definition) is 0. The van der Waals surface area contributed by atoms with E-state index in [0.717, 1.165) is 25.8 Å². The highest BCUT2D eigenvalue weighted by Gasteiger charge is 2.25. The van der Waals surface area contributed by atoms with Crippen molar-refractivity contribution >= 4 is 17.5 Å². The van der Waals surface area contributed by atoms with E-state index in [1.54, 1.807) is 18.2 Å². The van der Waals surface area contributed by atoms with Gasteiger partial charge >= 0.3 is 0 Å². The van der Waals surface area contributed by atoms with E-state index in [0.29, 0.717) is 16.9 Å². The second-order valence-corrected chi connectivity index (χ2v) is 5.14. The Hall–Kier alpha value is -1.09. The van der Waals surface area contributed by atoms with E-state index in [1.807, 2.05) is 4.90 Å². The molecule has 1 aromatic rings. The summed E-state index contributed by atoms with van der Waals surface area (Å²) < 4.78 is 0. The number of carbonyl (C=O) groups is 1. The van der Waals surface area contributed by atoms with Gasteiger partial charge in [0.15, 0.2) is 0 Å². The van der Waals surface area contributed by atoms with Gasteiger partial charge in [0.25, 0.3) is 5.91 Å². The molecule has 1 unspecified atom stereocenters. The maximum Gasteiger partial charge on any atom is 0.272 e. The van der Waals surface area contributed by atoms with Crippen molar-refractivity contribution in [2.45, 2.75) is 45.1 Å². The molecule has 0 aliphatic carbocycles. The Balaban J connectivity index is 2.19. The highest BCUT2D eigenvalue weighted by Crippen LogP contribution is 2.21. The summed E-state index contributed by atoms with van der Waals surface area (Å²) in [4.78, 5) is 18.6. The van der Waals surface area contributed by atoms with E-state index >= 15 is 0 Å². The van der Waals surface area contributed by atoms with Crippen LogP contribution in [0.3, 0.4) is 0 Å². The quantitative estimate of drug-likeness (QED) is 0.768. The van der Waals surface area contributed by atoms with Crippen molar-refractivity contribution in [2.75, 3.05) is 6.54 Å². The van der Waals surface area contributed by atoms with Gasteiger partial charge in [-0.2, -0.15) is 0 Å². The lowest BCUT2D eigenvalue weighted by atomic mass is 10.1. The van der Waals surface area contributed by atoms with E-state index in [4.69, 9.17) is 11.6 Å². The van der Waals surface area contributed by atoms with Crippen molar-refractivity contribution in [3.05, 3.63) is 29.0 Å². The molecule has 1 saturated heterocycles. The largest absolute Gasteiger partial charge is 0.334 e. The third-order valence-corrected chi connectivity index (χ3v) is 3.75. The molecule has 3 nitrogen and oxygen atoms in total. The Kier molecular flexibility index (Phi) is 4.59. The van der Waals surface area contributed by atoms with Gasteiger partial charge in [-0.25, -0.2) is 4.98 Å². The number of rotatable bonds is 2. The van der Waals surface area contributed by atoms with Gasteiger partial charge in [0, 0.05) is 12.6 Å². The zero-order valence-electron chi connectivity index (χ0n) is 10.7. The maximum absolute atomic E-state index is 12.5. The van der Waals surface area contributed by atoms with Gasteiger partial charge in [0.05, 0.1) is 0 Å². The first-order valence-corrected chi connectivity index (χ1v) is 7.03. The van der Waals surface area contributed by atoms with E-state index < -0.39 is 0 Å². The highest BCUT2D eigenvalue weighted by atomic mass is 35.5. The predicted molar refractivity (Wildman–Crippen MR) is 72.8 cm³/mol. The molecule has 1 aliphatic rings. The molecular weight excluding hydrogens is 248 g/mol. The molecule has 1 aromatic heterocycles. The van der Waals surface area contributed by atoms with Gasteiger partial charge in [-0.05, 0) is 31.4 Å². The van der Waals surface area contributed by atoms with Crippen LogP contribution in [-0.4, -0.2) is 28.4 Å². The summed E-state index contributed by atoms with van der Waals surface area (Å²) in [5, 5.41) is 0.378. The molecule has 1 fully saturated rings. The monoisotopic (exact) mass is 266 g/mol. The summed E-state index contributed by atoms with van der Waals surface area (Å²) in [6, 6.07) is 5.56. The third kappa shape index (κ3) is 3.02. The minimum atomic E-state index is 0.0197. The molecule has 2 rings (SSSR count). The number of hydrogen-bond acceptors (Lipinski definition) is 2. The van der Waals surface area contributed by atoms with Crippen molar-refractivity contribution in [3.8, 4) is 0 Å². The molecule has 0 spiro atoms. The first kappa shape index (κ1) is 13.3. The Morgan fingerprint density at radius 3 is 3.00 bits per heavy atom.